The Morgan fingerprint density at radius 1 is 1.50 bits per heavy atom. The van der Waals surface area contributed by atoms with Crippen LogP contribution in [-0.4, -0.2) is 29.1 Å². The fourth-order valence-corrected chi connectivity index (χ4v) is 2.77. The van der Waals surface area contributed by atoms with Gasteiger partial charge in [0.25, 0.3) is 0 Å². The molecule has 1 unspecified atom stereocenters. The van der Waals surface area contributed by atoms with E-state index in [9.17, 15) is 9.18 Å². The lowest BCUT2D eigenvalue weighted by atomic mass is 9.94. The summed E-state index contributed by atoms with van der Waals surface area (Å²) in [6.07, 6.45) is 2.07. The molecule has 0 saturated carbocycles. The van der Waals surface area contributed by atoms with Crippen molar-refractivity contribution < 1.29 is 14.3 Å². The normalized spacial score (nSPS) is 19.5. The highest BCUT2D eigenvalue weighted by Crippen LogP contribution is 2.21. The van der Waals surface area contributed by atoms with E-state index in [0.717, 1.165) is 24.9 Å². The minimum atomic E-state index is -0.769. The Balaban J connectivity index is 2.01. The Morgan fingerprint density at radius 2 is 2.30 bits per heavy atom. The molecule has 1 heterocycles. The Hall–Kier alpha value is -1.93. The van der Waals surface area contributed by atoms with Gasteiger partial charge in [0.2, 0.25) is 0 Å². The maximum absolute atomic E-state index is 13.4. The van der Waals surface area contributed by atoms with Gasteiger partial charge in [0.05, 0.1) is 11.6 Å². The van der Waals surface area contributed by atoms with Crippen molar-refractivity contribution in [1.29, 1.82) is 5.26 Å². The molecule has 5 heteroatoms. The summed E-state index contributed by atoms with van der Waals surface area (Å²) in [6, 6.07) is 6.28. The molecule has 1 aromatic rings. The van der Waals surface area contributed by atoms with Crippen LogP contribution in [-0.2, 0) is 11.3 Å². The fraction of sp³-hybridized carbons (Fsp3) is 0.467. The van der Waals surface area contributed by atoms with E-state index in [2.05, 4.69) is 4.90 Å². The predicted octanol–water partition coefficient (Wildman–Crippen LogP) is 2.38. The molecule has 0 aliphatic carbocycles. The smallest absolute Gasteiger partial charge is 0.303 e. The van der Waals surface area contributed by atoms with Crippen LogP contribution in [0.5, 0.6) is 0 Å². The number of piperidine rings is 1. The van der Waals surface area contributed by atoms with E-state index in [4.69, 9.17) is 10.4 Å². The van der Waals surface area contributed by atoms with Crippen molar-refractivity contribution in [3.63, 3.8) is 0 Å². The third-order valence-electron chi connectivity index (χ3n) is 3.56. The van der Waals surface area contributed by atoms with Gasteiger partial charge >= 0.3 is 5.97 Å². The lowest BCUT2D eigenvalue weighted by Crippen LogP contribution is -2.35. The third-order valence-corrected chi connectivity index (χ3v) is 3.56. The molecule has 0 spiro atoms. The van der Waals surface area contributed by atoms with Gasteiger partial charge in [-0.25, -0.2) is 4.39 Å². The second kappa shape index (κ2) is 6.49. The molecule has 1 saturated heterocycles. The molecule has 0 amide bonds. The fourth-order valence-electron chi connectivity index (χ4n) is 2.77. The minimum Gasteiger partial charge on any atom is -0.481 e. The molecule has 1 aliphatic heterocycles. The third kappa shape index (κ3) is 4.04. The first kappa shape index (κ1) is 14.5. The SMILES string of the molecule is N#Cc1cc(F)cc(CN2CCCC(CC(=O)O)C2)c1. The standard InChI is InChI=1S/C15H17FN2O2/c16-14-5-12(8-17)4-13(6-14)10-18-3-1-2-11(9-18)7-15(19)20/h4-6,11H,1-3,7,9-10H2,(H,19,20). The molecular formula is C15H17FN2O2. The van der Waals surface area contributed by atoms with E-state index in [0.29, 0.717) is 18.7 Å². The van der Waals surface area contributed by atoms with Gasteiger partial charge in [-0.05, 0) is 49.1 Å². The Morgan fingerprint density at radius 3 is 3.00 bits per heavy atom. The molecule has 2 rings (SSSR count). The van der Waals surface area contributed by atoms with Crippen LogP contribution in [0, 0.1) is 23.1 Å². The van der Waals surface area contributed by atoms with Gasteiger partial charge in [0.15, 0.2) is 0 Å². The van der Waals surface area contributed by atoms with Crippen LogP contribution in [0.1, 0.15) is 30.4 Å². The van der Waals surface area contributed by atoms with Crippen LogP contribution >= 0.6 is 0 Å². The number of hydrogen-bond acceptors (Lipinski definition) is 3. The van der Waals surface area contributed by atoms with Crippen molar-refractivity contribution in [3.05, 3.63) is 35.1 Å². The quantitative estimate of drug-likeness (QED) is 0.917. The molecule has 106 valence electrons. The average Bonchev–Trinajstić information content (AvgIpc) is 2.37. The van der Waals surface area contributed by atoms with Crippen LogP contribution in [0.25, 0.3) is 0 Å². The maximum Gasteiger partial charge on any atom is 0.303 e. The van der Waals surface area contributed by atoms with E-state index >= 15 is 0 Å². The van der Waals surface area contributed by atoms with Crippen LogP contribution < -0.4 is 0 Å². The van der Waals surface area contributed by atoms with Gasteiger partial charge < -0.3 is 5.11 Å². The average molecular weight is 276 g/mol. The first-order valence-electron chi connectivity index (χ1n) is 6.70. The van der Waals surface area contributed by atoms with E-state index in [-0.39, 0.29) is 12.3 Å². The van der Waals surface area contributed by atoms with Crippen LogP contribution in [0.4, 0.5) is 4.39 Å². The topological polar surface area (TPSA) is 64.3 Å². The zero-order valence-electron chi connectivity index (χ0n) is 11.2. The molecule has 20 heavy (non-hydrogen) atoms. The summed E-state index contributed by atoms with van der Waals surface area (Å²) in [7, 11) is 0. The van der Waals surface area contributed by atoms with Crippen molar-refractivity contribution >= 4 is 5.97 Å². The van der Waals surface area contributed by atoms with E-state index in [1.165, 1.54) is 12.1 Å². The van der Waals surface area contributed by atoms with Gasteiger partial charge in [-0.3, -0.25) is 9.69 Å². The number of aliphatic carboxylic acids is 1. The summed E-state index contributed by atoms with van der Waals surface area (Å²) in [5, 5.41) is 17.7. The van der Waals surface area contributed by atoms with Crippen molar-refractivity contribution in [2.45, 2.75) is 25.8 Å². The Kier molecular flexibility index (Phi) is 4.70. The molecule has 1 N–H and O–H groups in total. The second-order valence-electron chi connectivity index (χ2n) is 5.30. The second-order valence-corrected chi connectivity index (χ2v) is 5.30. The highest BCUT2D eigenvalue weighted by atomic mass is 19.1. The van der Waals surface area contributed by atoms with Crippen LogP contribution in [0.2, 0.25) is 0 Å². The number of carboxylic acids is 1. The Bertz CT molecular complexity index is 539. The van der Waals surface area contributed by atoms with Crippen molar-refractivity contribution in [2.75, 3.05) is 13.1 Å². The van der Waals surface area contributed by atoms with Crippen LogP contribution in [0.3, 0.4) is 0 Å². The highest BCUT2D eigenvalue weighted by molar-refractivity contribution is 5.67. The lowest BCUT2D eigenvalue weighted by molar-refractivity contribution is -0.138. The summed E-state index contributed by atoms with van der Waals surface area (Å²) < 4.78 is 13.4. The van der Waals surface area contributed by atoms with Gasteiger partial charge in [-0.2, -0.15) is 5.26 Å². The maximum atomic E-state index is 13.4. The number of likely N-dealkylation sites (tertiary alicyclic amines) is 1. The zero-order chi connectivity index (χ0) is 14.5. The molecule has 1 fully saturated rings. The van der Waals surface area contributed by atoms with Gasteiger partial charge in [0.1, 0.15) is 5.82 Å². The first-order valence-corrected chi connectivity index (χ1v) is 6.70. The summed E-state index contributed by atoms with van der Waals surface area (Å²) in [4.78, 5) is 12.9. The van der Waals surface area contributed by atoms with Gasteiger partial charge in [-0.15, -0.1) is 0 Å². The molecule has 0 bridgehead atoms. The Labute approximate surface area is 117 Å². The number of rotatable bonds is 4. The summed E-state index contributed by atoms with van der Waals surface area (Å²) in [6.45, 7) is 2.15. The van der Waals surface area contributed by atoms with Crippen molar-refractivity contribution in [2.24, 2.45) is 5.92 Å². The number of carbonyl (C=O) groups is 1. The van der Waals surface area contributed by atoms with Crippen LogP contribution in [0.15, 0.2) is 18.2 Å². The highest BCUT2D eigenvalue weighted by Gasteiger charge is 2.22. The number of carboxylic acid groups (broad SMARTS) is 1. The molecule has 1 aliphatic rings. The molecule has 1 atom stereocenters. The summed E-state index contributed by atoms with van der Waals surface area (Å²) >= 11 is 0. The van der Waals surface area contributed by atoms with Gasteiger partial charge in [0, 0.05) is 19.5 Å². The zero-order valence-corrected chi connectivity index (χ0v) is 11.2. The molecular weight excluding hydrogens is 259 g/mol. The number of benzene rings is 1. The summed E-state index contributed by atoms with van der Waals surface area (Å²) in [5.41, 5.74) is 1.08. The largest absolute Gasteiger partial charge is 0.481 e. The number of halogens is 1. The number of nitriles is 1. The molecule has 4 nitrogen and oxygen atoms in total. The van der Waals surface area contributed by atoms with Crippen molar-refractivity contribution in [1.82, 2.24) is 4.90 Å². The monoisotopic (exact) mass is 276 g/mol. The van der Waals surface area contributed by atoms with E-state index in [1.807, 2.05) is 6.07 Å². The molecule has 0 radical (unpaired) electrons. The number of hydrogen-bond donors (Lipinski definition) is 1. The van der Waals surface area contributed by atoms with E-state index < -0.39 is 11.8 Å². The lowest BCUT2D eigenvalue weighted by Gasteiger charge is -2.32. The van der Waals surface area contributed by atoms with Crippen molar-refractivity contribution in [3.8, 4) is 6.07 Å². The minimum absolute atomic E-state index is 0.158. The summed E-state index contributed by atoms with van der Waals surface area (Å²) in [5.74, 6) is -1.02. The molecule has 1 aromatic carbocycles. The van der Waals surface area contributed by atoms with Gasteiger partial charge in [-0.1, -0.05) is 0 Å². The number of nitrogens with zero attached hydrogens (tertiary/aromatic N) is 2. The molecule has 0 aromatic heterocycles. The predicted molar refractivity (Wildman–Crippen MR) is 71.4 cm³/mol. The van der Waals surface area contributed by atoms with E-state index in [1.54, 1.807) is 6.07 Å². The first-order chi connectivity index (χ1) is 9.56.